The summed E-state index contributed by atoms with van der Waals surface area (Å²) in [5.41, 5.74) is 9.91. The Bertz CT molecular complexity index is 1330. The summed E-state index contributed by atoms with van der Waals surface area (Å²) in [5.74, 6) is 0.709. The van der Waals surface area contributed by atoms with Gasteiger partial charge in [-0.05, 0) is 37.0 Å². The molecule has 1 aliphatic carbocycles. The average molecular weight is 459 g/mol. The highest BCUT2D eigenvalue weighted by Crippen LogP contribution is 2.36. The van der Waals surface area contributed by atoms with Crippen molar-refractivity contribution in [2.75, 3.05) is 12.8 Å². The Morgan fingerprint density at radius 3 is 2.71 bits per heavy atom. The zero-order valence-electron chi connectivity index (χ0n) is 18.8. The number of hydrogen-bond acceptors (Lipinski definition) is 7. The van der Waals surface area contributed by atoms with E-state index in [2.05, 4.69) is 15.3 Å². The van der Waals surface area contributed by atoms with Crippen LogP contribution in [0.5, 0.6) is 5.75 Å². The SMILES string of the molecule is COc1ccccc1C(=O)NCc1ccc(-c2nn(C3CCC(O)C3)c3ncnc(N)c23)cc1. The van der Waals surface area contributed by atoms with Gasteiger partial charge in [-0.2, -0.15) is 5.10 Å². The summed E-state index contributed by atoms with van der Waals surface area (Å²) in [6, 6.07) is 15.0. The second-order valence-corrected chi connectivity index (χ2v) is 8.45. The molecule has 1 saturated carbocycles. The number of hydrogen-bond donors (Lipinski definition) is 3. The largest absolute Gasteiger partial charge is 0.496 e. The fraction of sp³-hybridized carbons (Fsp3) is 0.280. The maximum Gasteiger partial charge on any atom is 0.255 e. The van der Waals surface area contributed by atoms with Gasteiger partial charge in [-0.25, -0.2) is 14.6 Å². The van der Waals surface area contributed by atoms with E-state index in [1.165, 1.54) is 6.33 Å². The van der Waals surface area contributed by atoms with Crippen LogP contribution in [0.4, 0.5) is 5.82 Å². The van der Waals surface area contributed by atoms with Gasteiger partial charge in [0.1, 0.15) is 23.6 Å². The Kier molecular flexibility index (Phi) is 5.85. The Morgan fingerprint density at radius 1 is 1.18 bits per heavy atom. The Morgan fingerprint density at radius 2 is 1.97 bits per heavy atom. The molecular formula is C25H26N6O3. The molecule has 0 bridgehead atoms. The molecular weight excluding hydrogens is 432 g/mol. The molecule has 0 radical (unpaired) electrons. The third-order valence-corrected chi connectivity index (χ3v) is 6.27. The molecule has 9 heteroatoms. The molecule has 9 nitrogen and oxygen atoms in total. The Labute approximate surface area is 196 Å². The molecule has 1 aliphatic rings. The van der Waals surface area contributed by atoms with Crippen LogP contribution < -0.4 is 15.8 Å². The van der Waals surface area contributed by atoms with Crippen LogP contribution in [0.15, 0.2) is 54.9 Å². The number of methoxy groups -OCH3 is 1. The van der Waals surface area contributed by atoms with Crippen LogP contribution in [-0.2, 0) is 6.54 Å². The average Bonchev–Trinajstić information content (AvgIpc) is 3.47. The number of rotatable bonds is 6. The minimum atomic E-state index is -0.322. The van der Waals surface area contributed by atoms with Crippen molar-refractivity contribution in [3.63, 3.8) is 0 Å². The highest BCUT2D eigenvalue weighted by atomic mass is 16.5. The zero-order chi connectivity index (χ0) is 23.7. The number of amides is 1. The van der Waals surface area contributed by atoms with Crippen molar-refractivity contribution in [2.45, 2.75) is 38.0 Å². The minimum Gasteiger partial charge on any atom is -0.496 e. The number of ether oxygens (including phenoxy) is 1. The lowest BCUT2D eigenvalue weighted by Crippen LogP contribution is -2.23. The normalized spacial score (nSPS) is 17.7. The van der Waals surface area contributed by atoms with Gasteiger partial charge < -0.3 is 20.9 Å². The van der Waals surface area contributed by atoms with Crippen molar-refractivity contribution >= 4 is 22.8 Å². The van der Waals surface area contributed by atoms with Gasteiger partial charge in [-0.3, -0.25) is 4.79 Å². The number of para-hydroxylation sites is 1. The maximum absolute atomic E-state index is 12.6. The fourth-order valence-electron chi connectivity index (χ4n) is 4.50. The predicted molar refractivity (Wildman–Crippen MR) is 128 cm³/mol. The van der Waals surface area contributed by atoms with Crippen molar-refractivity contribution in [3.05, 3.63) is 66.0 Å². The second kappa shape index (κ2) is 9.11. The van der Waals surface area contributed by atoms with E-state index in [1.807, 2.05) is 35.0 Å². The number of nitrogens with zero attached hydrogens (tertiary/aromatic N) is 4. The minimum absolute atomic E-state index is 0.0741. The summed E-state index contributed by atoms with van der Waals surface area (Å²) in [7, 11) is 1.54. The lowest BCUT2D eigenvalue weighted by molar-refractivity contribution is 0.0948. The number of carbonyl (C=O) groups excluding carboxylic acids is 1. The van der Waals surface area contributed by atoms with E-state index in [0.717, 1.165) is 24.0 Å². The zero-order valence-corrected chi connectivity index (χ0v) is 18.8. The summed E-state index contributed by atoms with van der Waals surface area (Å²) in [4.78, 5) is 21.2. The first-order valence-corrected chi connectivity index (χ1v) is 11.2. The van der Waals surface area contributed by atoms with Crippen molar-refractivity contribution < 1.29 is 14.6 Å². The summed E-state index contributed by atoms with van der Waals surface area (Å²) in [6.07, 6.45) is 3.35. The van der Waals surface area contributed by atoms with Crippen LogP contribution in [0, 0.1) is 0 Å². The third kappa shape index (κ3) is 4.06. The highest BCUT2D eigenvalue weighted by Gasteiger charge is 2.28. The van der Waals surface area contributed by atoms with Crippen molar-refractivity contribution in [2.24, 2.45) is 0 Å². The first kappa shape index (κ1) is 21.8. The van der Waals surface area contributed by atoms with E-state index in [9.17, 15) is 9.90 Å². The van der Waals surface area contributed by atoms with Gasteiger partial charge in [0.2, 0.25) is 0 Å². The quantitative estimate of drug-likeness (QED) is 0.405. The number of nitrogen functional groups attached to an aromatic ring is 1. The molecule has 4 aromatic rings. The molecule has 0 spiro atoms. The van der Waals surface area contributed by atoms with Crippen LogP contribution in [0.1, 0.15) is 41.2 Å². The van der Waals surface area contributed by atoms with Crippen molar-refractivity contribution in [1.82, 2.24) is 25.1 Å². The van der Waals surface area contributed by atoms with E-state index in [1.54, 1.807) is 25.3 Å². The van der Waals surface area contributed by atoms with Gasteiger partial charge in [0.25, 0.3) is 5.91 Å². The van der Waals surface area contributed by atoms with Crippen LogP contribution in [0.2, 0.25) is 0 Å². The number of aromatic nitrogens is 4. The number of fused-ring (bicyclic) bond motifs is 1. The Balaban J connectivity index is 1.38. The molecule has 5 rings (SSSR count). The molecule has 2 aromatic carbocycles. The number of aliphatic hydroxyl groups is 1. The molecule has 2 atom stereocenters. The van der Waals surface area contributed by atoms with Crippen LogP contribution in [-0.4, -0.2) is 44.0 Å². The first-order chi connectivity index (χ1) is 16.5. The molecule has 2 heterocycles. The molecule has 2 unspecified atom stereocenters. The number of nitrogens with one attached hydrogen (secondary N) is 1. The smallest absolute Gasteiger partial charge is 0.255 e. The summed E-state index contributed by atoms with van der Waals surface area (Å²) in [6.45, 7) is 0.373. The topological polar surface area (TPSA) is 128 Å². The second-order valence-electron chi connectivity index (χ2n) is 8.45. The standard InChI is InChI=1S/C25H26N6O3/c1-34-20-5-3-2-4-19(20)25(33)27-13-15-6-8-16(9-7-15)22-21-23(26)28-14-29-24(21)31(30-22)17-10-11-18(32)12-17/h2-9,14,17-18,32H,10-13H2,1H3,(H,27,33)(H2,26,28,29). The van der Waals surface area contributed by atoms with E-state index in [4.69, 9.17) is 15.6 Å². The van der Waals surface area contributed by atoms with Crippen LogP contribution >= 0.6 is 0 Å². The number of benzene rings is 2. The van der Waals surface area contributed by atoms with E-state index in [0.29, 0.717) is 46.8 Å². The molecule has 4 N–H and O–H groups in total. The van der Waals surface area contributed by atoms with Crippen molar-refractivity contribution in [3.8, 4) is 17.0 Å². The number of carbonyl (C=O) groups is 1. The lowest BCUT2D eigenvalue weighted by atomic mass is 10.1. The van der Waals surface area contributed by atoms with Gasteiger partial charge in [-0.1, -0.05) is 36.4 Å². The lowest BCUT2D eigenvalue weighted by Gasteiger charge is -2.10. The molecule has 0 saturated heterocycles. The predicted octanol–water partition coefficient (Wildman–Crippen LogP) is 3.10. The fourth-order valence-corrected chi connectivity index (χ4v) is 4.50. The van der Waals surface area contributed by atoms with E-state index in [-0.39, 0.29) is 18.1 Å². The first-order valence-electron chi connectivity index (χ1n) is 11.2. The molecule has 174 valence electrons. The number of aliphatic hydroxyl groups excluding tert-OH is 1. The molecule has 1 amide bonds. The van der Waals surface area contributed by atoms with Gasteiger partial charge in [0, 0.05) is 12.1 Å². The molecule has 34 heavy (non-hydrogen) atoms. The number of anilines is 1. The number of nitrogens with two attached hydrogens (primary N) is 1. The van der Waals surface area contributed by atoms with Gasteiger partial charge >= 0.3 is 0 Å². The summed E-state index contributed by atoms with van der Waals surface area (Å²) >= 11 is 0. The van der Waals surface area contributed by atoms with Gasteiger partial charge in [-0.15, -0.1) is 0 Å². The van der Waals surface area contributed by atoms with E-state index >= 15 is 0 Å². The summed E-state index contributed by atoms with van der Waals surface area (Å²) in [5, 5.41) is 18.5. The van der Waals surface area contributed by atoms with Crippen LogP contribution in [0.25, 0.3) is 22.3 Å². The monoisotopic (exact) mass is 458 g/mol. The summed E-state index contributed by atoms with van der Waals surface area (Å²) < 4.78 is 7.14. The molecule has 2 aromatic heterocycles. The molecule has 0 aliphatic heterocycles. The Hall–Kier alpha value is -3.98. The maximum atomic E-state index is 12.6. The van der Waals surface area contributed by atoms with Gasteiger partial charge in [0.05, 0.1) is 30.2 Å². The van der Waals surface area contributed by atoms with Crippen LogP contribution in [0.3, 0.4) is 0 Å². The van der Waals surface area contributed by atoms with Gasteiger partial charge in [0.15, 0.2) is 5.65 Å². The highest BCUT2D eigenvalue weighted by molar-refractivity contribution is 5.98. The molecule has 1 fully saturated rings. The van der Waals surface area contributed by atoms with E-state index < -0.39 is 0 Å². The van der Waals surface area contributed by atoms with Crippen molar-refractivity contribution in [1.29, 1.82) is 0 Å². The third-order valence-electron chi connectivity index (χ3n) is 6.27.